The van der Waals surface area contributed by atoms with E-state index >= 15 is 0 Å². The molecule has 24 heavy (non-hydrogen) atoms. The van der Waals surface area contributed by atoms with Crippen LogP contribution in [0, 0.1) is 0 Å². The normalized spacial score (nSPS) is 11.7. The molecular weight excluding hydrogens is 366 g/mol. The standard InChI is InChI=1S/C15H8Cl2F3N3O/c16-9-5-4-8(15(18,19)20)7-10(9)21-14(24)13-12(17)11-3-1-2-6-23(11)22-13/h1-7H,(H,21,24). The number of aromatic nitrogens is 2. The van der Waals surface area contributed by atoms with Gasteiger partial charge < -0.3 is 5.32 Å². The molecule has 0 aliphatic rings. The monoisotopic (exact) mass is 373 g/mol. The minimum absolute atomic E-state index is 0.0313. The Morgan fingerprint density at radius 2 is 1.92 bits per heavy atom. The van der Waals surface area contributed by atoms with Crippen LogP contribution in [0.3, 0.4) is 0 Å². The Hall–Kier alpha value is -2.25. The van der Waals surface area contributed by atoms with E-state index in [1.807, 2.05) is 0 Å². The van der Waals surface area contributed by atoms with Gasteiger partial charge in [0.1, 0.15) is 0 Å². The Bertz CT molecular complexity index is 937. The van der Waals surface area contributed by atoms with Gasteiger partial charge in [0.25, 0.3) is 5.91 Å². The van der Waals surface area contributed by atoms with Gasteiger partial charge in [-0.15, -0.1) is 0 Å². The van der Waals surface area contributed by atoms with Crippen molar-refractivity contribution in [2.24, 2.45) is 0 Å². The van der Waals surface area contributed by atoms with Crippen LogP contribution in [0.15, 0.2) is 42.6 Å². The van der Waals surface area contributed by atoms with E-state index in [0.717, 1.165) is 18.2 Å². The average molecular weight is 374 g/mol. The Balaban J connectivity index is 1.96. The van der Waals surface area contributed by atoms with Crippen LogP contribution in [-0.2, 0) is 6.18 Å². The number of nitrogens with zero attached hydrogens (tertiary/aromatic N) is 2. The second-order valence-electron chi connectivity index (χ2n) is 4.84. The van der Waals surface area contributed by atoms with E-state index in [-0.39, 0.29) is 21.4 Å². The zero-order valence-electron chi connectivity index (χ0n) is 11.7. The SMILES string of the molecule is O=C(Nc1cc(C(F)(F)F)ccc1Cl)c1nn2ccccc2c1Cl. The minimum Gasteiger partial charge on any atom is -0.319 e. The molecule has 0 saturated carbocycles. The number of benzene rings is 1. The molecule has 3 aromatic rings. The molecular formula is C15H8Cl2F3N3O. The van der Waals surface area contributed by atoms with Gasteiger partial charge in [0.15, 0.2) is 5.69 Å². The summed E-state index contributed by atoms with van der Waals surface area (Å²) in [4.78, 5) is 12.3. The summed E-state index contributed by atoms with van der Waals surface area (Å²) in [6.45, 7) is 0. The molecule has 4 nitrogen and oxygen atoms in total. The summed E-state index contributed by atoms with van der Waals surface area (Å²) in [5.74, 6) is -0.759. The van der Waals surface area contributed by atoms with Crippen LogP contribution in [0.2, 0.25) is 10.0 Å². The third-order valence-electron chi connectivity index (χ3n) is 3.24. The lowest BCUT2D eigenvalue weighted by Crippen LogP contribution is -2.14. The lowest BCUT2D eigenvalue weighted by atomic mass is 10.2. The first-order chi connectivity index (χ1) is 11.3. The average Bonchev–Trinajstić information content (AvgIpc) is 2.86. The van der Waals surface area contributed by atoms with Crippen LogP contribution >= 0.6 is 23.2 Å². The molecule has 2 aromatic heterocycles. The molecule has 124 valence electrons. The third-order valence-corrected chi connectivity index (χ3v) is 3.94. The van der Waals surface area contributed by atoms with Gasteiger partial charge in [-0.1, -0.05) is 29.3 Å². The molecule has 1 N–H and O–H groups in total. The van der Waals surface area contributed by atoms with Crippen molar-refractivity contribution >= 4 is 40.3 Å². The molecule has 0 unspecified atom stereocenters. The highest BCUT2D eigenvalue weighted by atomic mass is 35.5. The first kappa shape index (κ1) is 16.6. The fourth-order valence-corrected chi connectivity index (χ4v) is 2.53. The molecule has 9 heteroatoms. The van der Waals surface area contributed by atoms with Gasteiger partial charge in [0.05, 0.1) is 26.8 Å². The summed E-state index contributed by atoms with van der Waals surface area (Å²) < 4.78 is 39.7. The van der Waals surface area contributed by atoms with Gasteiger partial charge >= 0.3 is 6.18 Å². The van der Waals surface area contributed by atoms with Crippen molar-refractivity contribution in [2.75, 3.05) is 5.32 Å². The molecule has 1 aromatic carbocycles. The van der Waals surface area contributed by atoms with Crippen LogP contribution in [0.5, 0.6) is 0 Å². The number of hydrogen-bond acceptors (Lipinski definition) is 2. The summed E-state index contributed by atoms with van der Waals surface area (Å²) in [5, 5.41) is 6.39. The van der Waals surface area contributed by atoms with E-state index in [1.165, 1.54) is 4.52 Å². The number of carbonyl (C=O) groups is 1. The molecule has 0 radical (unpaired) electrons. The number of nitrogens with one attached hydrogen (secondary N) is 1. The van der Waals surface area contributed by atoms with Crippen LogP contribution < -0.4 is 5.32 Å². The number of anilines is 1. The van der Waals surface area contributed by atoms with Gasteiger partial charge in [0, 0.05) is 6.20 Å². The molecule has 0 aliphatic carbocycles. The molecule has 0 fully saturated rings. The number of amides is 1. The highest BCUT2D eigenvalue weighted by Gasteiger charge is 2.31. The smallest absolute Gasteiger partial charge is 0.319 e. The van der Waals surface area contributed by atoms with Crippen molar-refractivity contribution in [2.45, 2.75) is 6.18 Å². The maximum Gasteiger partial charge on any atom is 0.416 e. The predicted molar refractivity (Wildman–Crippen MR) is 84.6 cm³/mol. The van der Waals surface area contributed by atoms with Gasteiger partial charge in [0.2, 0.25) is 0 Å². The van der Waals surface area contributed by atoms with Crippen molar-refractivity contribution in [3.63, 3.8) is 0 Å². The fourth-order valence-electron chi connectivity index (χ4n) is 2.09. The second-order valence-corrected chi connectivity index (χ2v) is 5.62. The Morgan fingerprint density at radius 3 is 2.58 bits per heavy atom. The first-order valence-corrected chi connectivity index (χ1v) is 7.34. The van der Waals surface area contributed by atoms with Crippen LogP contribution in [-0.4, -0.2) is 15.5 Å². The Kier molecular flexibility index (Phi) is 4.15. The van der Waals surface area contributed by atoms with E-state index < -0.39 is 17.6 Å². The molecule has 0 aliphatic heterocycles. The zero-order valence-corrected chi connectivity index (χ0v) is 13.2. The highest BCUT2D eigenvalue weighted by molar-refractivity contribution is 6.38. The number of pyridine rings is 1. The largest absolute Gasteiger partial charge is 0.416 e. The lowest BCUT2D eigenvalue weighted by Gasteiger charge is -2.11. The molecule has 0 saturated heterocycles. The molecule has 0 bridgehead atoms. The van der Waals surface area contributed by atoms with Crippen LogP contribution in [0.1, 0.15) is 16.1 Å². The maximum atomic E-state index is 12.8. The summed E-state index contributed by atoms with van der Waals surface area (Å²) in [6.07, 6.45) is -2.96. The summed E-state index contributed by atoms with van der Waals surface area (Å²) >= 11 is 12.0. The zero-order chi connectivity index (χ0) is 17.5. The first-order valence-electron chi connectivity index (χ1n) is 6.58. The number of halogens is 5. The third kappa shape index (κ3) is 3.05. The van der Waals surface area contributed by atoms with E-state index in [9.17, 15) is 18.0 Å². The molecule has 0 spiro atoms. The highest BCUT2D eigenvalue weighted by Crippen LogP contribution is 2.34. The van der Waals surface area contributed by atoms with Crippen molar-refractivity contribution in [3.05, 3.63) is 63.9 Å². The van der Waals surface area contributed by atoms with E-state index in [0.29, 0.717) is 5.52 Å². The number of carbonyl (C=O) groups excluding carboxylic acids is 1. The van der Waals surface area contributed by atoms with E-state index in [4.69, 9.17) is 23.2 Å². The molecule has 1 amide bonds. The summed E-state index contributed by atoms with van der Waals surface area (Å²) in [5.41, 5.74) is -0.719. The number of alkyl halides is 3. The molecule has 3 rings (SSSR count). The quantitative estimate of drug-likeness (QED) is 0.693. The number of fused-ring (bicyclic) bond motifs is 1. The minimum atomic E-state index is -4.55. The molecule has 2 heterocycles. The van der Waals surface area contributed by atoms with Gasteiger partial charge in [-0.25, -0.2) is 4.52 Å². The van der Waals surface area contributed by atoms with Crippen molar-refractivity contribution in [1.29, 1.82) is 0 Å². The van der Waals surface area contributed by atoms with Gasteiger partial charge in [-0.3, -0.25) is 4.79 Å². The van der Waals surface area contributed by atoms with E-state index in [2.05, 4.69) is 10.4 Å². The van der Waals surface area contributed by atoms with Gasteiger partial charge in [-0.05, 0) is 30.3 Å². The van der Waals surface area contributed by atoms with Crippen molar-refractivity contribution in [1.82, 2.24) is 9.61 Å². The number of rotatable bonds is 2. The van der Waals surface area contributed by atoms with Crippen LogP contribution in [0.25, 0.3) is 5.52 Å². The Morgan fingerprint density at radius 1 is 1.17 bits per heavy atom. The topological polar surface area (TPSA) is 46.4 Å². The Labute approximate surface area is 143 Å². The van der Waals surface area contributed by atoms with E-state index in [1.54, 1.807) is 24.4 Å². The van der Waals surface area contributed by atoms with Crippen molar-refractivity contribution in [3.8, 4) is 0 Å². The number of hydrogen-bond donors (Lipinski definition) is 1. The van der Waals surface area contributed by atoms with Crippen molar-refractivity contribution < 1.29 is 18.0 Å². The fraction of sp³-hybridized carbons (Fsp3) is 0.0667. The second kappa shape index (κ2) is 5.99. The van der Waals surface area contributed by atoms with Gasteiger partial charge in [-0.2, -0.15) is 18.3 Å². The lowest BCUT2D eigenvalue weighted by molar-refractivity contribution is -0.137. The summed E-state index contributed by atoms with van der Waals surface area (Å²) in [6, 6.07) is 7.71. The van der Waals surface area contributed by atoms with Crippen LogP contribution in [0.4, 0.5) is 18.9 Å². The predicted octanol–water partition coefficient (Wildman–Crippen LogP) is 4.91. The molecule has 0 atom stereocenters. The maximum absolute atomic E-state index is 12.8. The summed E-state index contributed by atoms with van der Waals surface area (Å²) in [7, 11) is 0.